The number of Topliss-reactive ketones (excluding diaryl/α,β-unsaturated/α-hetero) is 2. The highest BCUT2D eigenvalue weighted by atomic mass is 35.5. The molecule has 0 heterocycles. The van der Waals surface area contributed by atoms with E-state index in [1.165, 1.54) is 13.8 Å². The van der Waals surface area contributed by atoms with Crippen molar-refractivity contribution in [2.24, 2.45) is 0 Å². The fourth-order valence-corrected chi connectivity index (χ4v) is 2.43. The van der Waals surface area contributed by atoms with Crippen LogP contribution in [-0.4, -0.2) is 11.6 Å². The minimum Gasteiger partial charge on any atom is -0.295 e. The van der Waals surface area contributed by atoms with Gasteiger partial charge < -0.3 is 0 Å². The number of benzene rings is 2. The summed E-state index contributed by atoms with van der Waals surface area (Å²) >= 11 is 12.3. The molecule has 2 rings (SSSR count). The van der Waals surface area contributed by atoms with Crippen molar-refractivity contribution >= 4 is 46.9 Å². The lowest BCUT2D eigenvalue weighted by atomic mass is 10.1. The molecule has 2 aromatic carbocycles. The lowest BCUT2D eigenvalue weighted by Gasteiger charge is -2.03. The molecule has 0 amide bonds. The number of ketones is 2. The SMILES string of the molecule is CC(=O)c1ccc(C=Cc2ccc(C(C)=O)cc2Cl)c(Cl)c1. The predicted octanol–water partition coefficient (Wildman–Crippen LogP) is 5.57. The Morgan fingerprint density at radius 1 is 0.773 bits per heavy atom. The molecule has 0 saturated heterocycles. The third-order valence-corrected chi connectivity index (χ3v) is 3.91. The minimum atomic E-state index is -0.0275. The molecule has 0 fully saturated rings. The Balaban J connectivity index is 2.29. The third-order valence-electron chi connectivity index (χ3n) is 3.26. The Hall–Kier alpha value is -1.90. The highest BCUT2D eigenvalue weighted by Crippen LogP contribution is 2.24. The number of carbonyl (C=O) groups excluding carboxylic acids is 2. The van der Waals surface area contributed by atoms with Crippen LogP contribution >= 0.6 is 23.2 Å². The first kappa shape index (κ1) is 16.5. The van der Waals surface area contributed by atoms with Crippen LogP contribution < -0.4 is 0 Å². The van der Waals surface area contributed by atoms with Crippen LogP contribution in [0, 0.1) is 0 Å². The maximum atomic E-state index is 11.3. The summed E-state index contributed by atoms with van der Waals surface area (Å²) in [6.45, 7) is 3.00. The average molecular weight is 333 g/mol. The van der Waals surface area contributed by atoms with Gasteiger partial charge in [0, 0.05) is 21.2 Å². The first-order chi connectivity index (χ1) is 10.4. The van der Waals surface area contributed by atoms with Crippen molar-refractivity contribution in [3.8, 4) is 0 Å². The lowest BCUT2D eigenvalue weighted by molar-refractivity contribution is 0.100. The maximum absolute atomic E-state index is 11.3. The fourth-order valence-electron chi connectivity index (χ4n) is 1.94. The largest absolute Gasteiger partial charge is 0.295 e. The van der Waals surface area contributed by atoms with E-state index in [1.54, 1.807) is 36.4 Å². The quantitative estimate of drug-likeness (QED) is 0.541. The molecular formula is C18H14Cl2O2. The highest BCUT2D eigenvalue weighted by Gasteiger charge is 2.05. The van der Waals surface area contributed by atoms with Crippen molar-refractivity contribution < 1.29 is 9.59 Å². The number of halogens is 2. The standard InChI is InChI=1S/C18H14Cl2O2/c1-11(21)15-7-5-13(17(19)9-15)3-4-14-6-8-16(12(2)22)10-18(14)20/h3-10H,1-2H3. The smallest absolute Gasteiger partial charge is 0.159 e. The molecule has 0 N–H and O–H groups in total. The van der Waals surface area contributed by atoms with Crippen LogP contribution in [0.15, 0.2) is 36.4 Å². The summed E-state index contributed by atoms with van der Waals surface area (Å²) < 4.78 is 0. The molecule has 0 aromatic heterocycles. The summed E-state index contributed by atoms with van der Waals surface area (Å²) in [5, 5.41) is 1.00. The van der Waals surface area contributed by atoms with Crippen molar-refractivity contribution in [3.05, 3.63) is 68.7 Å². The molecule has 4 heteroatoms. The van der Waals surface area contributed by atoms with Crippen LogP contribution in [0.4, 0.5) is 0 Å². The Labute approximate surface area is 139 Å². The van der Waals surface area contributed by atoms with Gasteiger partial charge in [-0.15, -0.1) is 0 Å². The normalized spacial score (nSPS) is 10.9. The molecule has 0 aliphatic heterocycles. The summed E-state index contributed by atoms with van der Waals surface area (Å²) in [4.78, 5) is 22.6. The van der Waals surface area contributed by atoms with E-state index in [1.807, 2.05) is 12.2 Å². The molecular weight excluding hydrogens is 319 g/mol. The monoisotopic (exact) mass is 332 g/mol. The van der Waals surface area contributed by atoms with E-state index in [2.05, 4.69) is 0 Å². The second-order valence-corrected chi connectivity index (χ2v) is 5.73. The zero-order valence-corrected chi connectivity index (χ0v) is 13.7. The Bertz CT molecular complexity index is 711. The summed E-state index contributed by atoms with van der Waals surface area (Å²) in [5.41, 5.74) is 2.73. The molecule has 0 unspecified atom stereocenters. The van der Waals surface area contributed by atoms with Crippen LogP contribution in [0.1, 0.15) is 45.7 Å². The van der Waals surface area contributed by atoms with Crippen molar-refractivity contribution in [2.45, 2.75) is 13.8 Å². The summed E-state index contributed by atoms with van der Waals surface area (Å²) in [6.07, 6.45) is 3.64. The van der Waals surface area contributed by atoms with Crippen molar-refractivity contribution in [2.75, 3.05) is 0 Å². The van der Waals surface area contributed by atoms with Gasteiger partial charge in [0.2, 0.25) is 0 Å². The molecule has 2 aromatic rings. The second-order valence-electron chi connectivity index (χ2n) is 4.92. The minimum absolute atomic E-state index is 0.0275. The summed E-state index contributed by atoms with van der Waals surface area (Å²) in [5.74, 6) is -0.0550. The maximum Gasteiger partial charge on any atom is 0.159 e. The van der Waals surface area contributed by atoms with Crippen molar-refractivity contribution in [3.63, 3.8) is 0 Å². The molecule has 0 aliphatic rings. The Morgan fingerprint density at radius 2 is 1.14 bits per heavy atom. The van der Waals surface area contributed by atoms with Gasteiger partial charge in [-0.1, -0.05) is 59.6 Å². The molecule has 0 bridgehead atoms. The van der Waals surface area contributed by atoms with Gasteiger partial charge in [0.05, 0.1) is 0 Å². The van der Waals surface area contributed by atoms with Crippen LogP contribution in [0.2, 0.25) is 10.0 Å². The molecule has 112 valence electrons. The molecule has 2 nitrogen and oxygen atoms in total. The van der Waals surface area contributed by atoms with E-state index in [9.17, 15) is 9.59 Å². The van der Waals surface area contributed by atoms with Crippen molar-refractivity contribution in [1.82, 2.24) is 0 Å². The average Bonchev–Trinajstić information content (AvgIpc) is 2.46. The number of hydrogen-bond donors (Lipinski definition) is 0. The lowest BCUT2D eigenvalue weighted by Crippen LogP contribution is -1.92. The van der Waals surface area contributed by atoms with E-state index >= 15 is 0 Å². The van der Waals surface area contributed by atoms with Gasteiger partial charge in [0.15, 0.2) is 11.6 Å². The molecule has 0 aliphatic carbocycles. The van der Waals surface area contributed by atoms with E-state index in [4.69, 9.17) is 23.2 Å². The van der Waals surface area contributed by atoms with Crippen molar-refractivity contribution in [1.29, 1.82) is 0 Å². The fraction of sp³-hybridized carbons (Fsp3) is 0.111. The number of rotatable bonds is 4. The predicted molar refractivity (Wildman–Crippen MR) is 91.8 cm³/mol. The van der Waals surface area contributed by atoms with Gasteiger partial charge in [-0.3, -0.25) is 9.59 Å². The molecule has 0 saturated carbocycles. The van der Waals surface area contributed by atoms with E-state index < -0.39 is 0 Å². The van der Waals surface area contributed by atoms with Crippen LogP contribution in [-0.2, 0) is 0 Å². The van der Waals surface area contributed by atoms with Gasteiger partial charge in [-0.05, 0) is 37.1 Å². The van der Waals surface area contributed by atoms with Crippen LogP contribution in [0.5, 0.6) is 0 Å². The number of carbonyl (C=O) groups is 2. The third kappa shape index (κ3) is 3.85. The zero-order valence-electron chi connectivity index (χ0n) is 12.2. The zero-order chi connectivity index (χ0) is 16.3. The Morgan fingerprint density at radius 3 is 1.41 bits per heavy atom. The van der Waals surface area contributed by atoms with Gasteiger partial charge in [0.25, 0.3) is 0 Å². The van der Waals surface area contributed by atoms with Gasteiger partial charge >= 0.3 is 0 Å². The van der Waals surface area contributed by atoms with Gasteiger partial charge in [-0.2, -0.15) is 0 Å². The second kappa shape index (κ2) is 6.91. The highest BCUT2D eigenvalue weighted by molar-refractivity contribution is 6.33. The molecule has 0 spiro atoms. The van der Waals surface area contributed by atoms with E-state index in [-0.39, 0.29) is 11.6 Å². The Kier molecular flexibility index (Phi) is 5.17. The molecule has 0 radical (unpaired) electrons. The van der Waals surface area contributed by atoms with Crippen LogP contribution in [0.3, 0.4) is 0 Å². The topological polar surface area (TPSA) is 34.1 Å². The van der Waals surface area contributed by atoms with E-state index in [0.29, 0.717) is 21.2 Å². The van der Waals surface area contributed by atoms with Gasteiger partial charge in [0.1, 0.15) is 0 Å². The molecule has 0 atom stereocenters. The summed E-state index contributed by atoms with van der Waals surface area (Å²) in [7, 11) is 0. The first-order valence-corrected chi connectivity index (χ1v) is 7.43. The van der Waals surface area contributed by atoms with Gasteiger partial charge in [-0.25, -0.2) is 0 Å². The summed E-state index contributed by atoms with van der Waals surface area (Å²) in [6, 6.07) is 10.3. The van der Waals surface area contributed by atoms with E-state index in [0.717, 1.165) is 11.1 Å². The van der Waals surface area contributed by atoms with Crippen LogP contribution in [0.25, 0.3) is 12.2 Å². The first-order valence-electron chi connectivity index (χ1n) is 6.67. The number of hydrogen-bond acceptors (Lipinski definition) is 2. The molecule has 22 heavy (non-hydrogen) atoms.